The molecule has 1 saturated carbocycles. The van der Waals surface area contributed by atoms with Crippen molar-refractivity contribution in [1.82, 2.24) is 10.6 Å². The summed E-state index contributed by atoms with van der Waals surface area (Å²) in [6.45, 7) is 1.95. The van der Waals surface area contributed by atoms with Gasteiger partial charge in [0.1, 0.15) is 0 Å². The zero-order valence-corrected chi connectivity index (χ0v) is 12.7. The molecular formula is C14H20ClN3S. The highest BCUT2D eigenvalue weighted by atomic mass is 35.5. The van der Waals surface area contributed by atoms with Gasteiger partial charge < -0.3 is 10.6 Å². The Hall–Kier alpha value is -0.870. The lowest BCUT2D eigenvalue weighted by atomic mass is 10.4. The van der Waals surface area contributed by atoms with Gasteiger partial charge in [-0.05, 0) is 43.0 Å². The van der Waals surface area contributed by atoms with Gasteiger partial charge in [0.05, 0.1) is 0 Å². The first kappa shape index (κ1) is 14.5. The molecule has 2 rings (SSSR count). The number of guanidine groups is 1. The highest BCUT2D eigenvalue weighted by Gasteiger charge is 2.20. The molecule has 104 valence electrons. The fraction of sp³-hybridized carbons (Fsp3) is 0.500. The zero-order valence-electron chi connectivity index (χ0n) is 11.2. The van der Waals surface area contributed by atoms with Gasteiger partial charge in [-0.3, -0.25) is 4.99 Å². The average molecular weight is 298 g/mol. The van der Waals surface area contributed by atoms with Gasteiger partial charge in [-0.25, -0.2) is 0 Å². The summed E-state index contributed by atoms with van der Waals surface area (Å²) < 4.78 is 0. The van der Waals surface area contributed by atoms with Gasteiger partial charge in [-0.1, -0.05) is 11.6 Å². The van der Waals surface area contributed by atoms with Crippen molar-refractivity contribution in [3.8, 4) is 0 Å². The summed E-state index contributed by atoms with van der Waals surface area (Å²) in [5, 5.41) is 7.46. The first-order chi connectivity index (χ1) is 9.28. The van der Waals surface area contributed by atoms with Crippen LogP contribution in [0.15, 0.2) is 34.2 Å². The van der Waals surface area contributed by atoms with E-state index in [0.717, 1.165) is 35.7 Å². The van der Waals surface area contributed by atoms with Crippen molar-refractivity contribution in [2.24, 2.45) is 10.9 Å². The molecule has 2 N–H and O–H groups in total. The molecule has 0 radical (unpaired) electrons. The van der Waals surface area contributed by atoms with Gasteiger partial charge in [0.2, 0.25) is 0 Å². The predicted octanol–water partition coefficient (Wildman–Crippen LogP) is 3.01. The number of aliphatic imine (C=N–C) groups is 1. The van der Waals surface area contributed by atoms with Crippen LogP contribution in [0, 0.1) is 5.92 Å². The lowest BCUT2D eigenvalue weighted by Gasteiger charge is -2.11. The molecule has 1 aromatic carbocycles. The normalized spacial score (nSPS) is 15.4. The van der Waals surface area contributed by atoms with Gasteiger partial charge in [0, 0.05) is 35.8 Å². The second-order valence-electron chi connectivity index (χ2n) is 4.63. The Morgan fingerprint density at radius 1 is 1.32 bits per heavy atom. The molecule has 3 nitrogen and oxygen atoms in total. The highest BCUT2D eigenvalue weighted by molar-refractivity contribution is 7.99. The topological polar surface area (TPSA) is 36.4 Å². The van der Waals surface area contributed by atoms with E-state index in [4.69, 9.17) is 11.6 Å². The van der Waals surface area contributed by atoms with Crippen molar-refractivity contribution in [3.05, 3.63) is 29.3 Å². The standard InChI is InChI=1S/C14H20ClN3S/c1-16-14(18-10-11-2-3-11)17-8-9-19-13-6-4-12(15)5-7-13/h4-7,11H,2-3,8-10H2,1H3,(H2,16,17,18). The lowest BCUT2D eigenvalue weighted by molar-refractivity contribution is 0.745. The van der Waals surface area contributed by atoms with Crippen LogP contribution in [0.5, 0.6) is 0 Å². The van der Waals surface area contributed by atoms with E-state index in [1.807, 2.05) is 43.1 Å². The van der Waals surface area contributed by atoms with Crippen LogP contribution in [0.4, 0.5) is 0 Å². The molecule has 0 atom stereocenters. The molecule has 0 unspecified atom stereocenters. The molecule has 1 aliphatic rings. The number of rotatable bonds is 6. The number of thioether (sulfide) groups is 1. The zero-order chi connectivity index (χ0) is 13.5. The Morgan fingerprint density at radius 2 is 2.05 bits per heavy atom. The Bertz CT molecular complexity index is 415. The molecule has 0 saturated heterocycles. The van der Waals surface area contributed by atoms with Crippen LogP contribution in [-0.4, -0.2) is 31.8 Å². The highest BCUT2D eigenvalue weighted by Crippen LogP contribution is 2.27. The van der Waals surface area contributed by atoms with Crippen molar-refractivity contribution in [3.63, 3.8) is 0 Å². The van der Waals surface area contributed by atoms with Crippen molar-refractivity contribution in [2.75, 3.05) is 25.9 Å². The number of hydrogen-bond donors (Lipinski definition) is 2. The number of halogens is 1. The van der Waals surface area contributed by atoms with E-state index in [0.29, 0.717) is 0 Å². The Balaban J connectivity index is 1.60. The van der Waals surface area contributed by atoms with Crippen LogP contribution in [0.3, 0.4) is 0 Å². The first-order valence-corrected chi connectivity index (χ1v) is 7.97. The summed E-state index contributed by atoms with van der Waals surface area (Å²) in [6.07, 6.45) is 2.72. The Kier molecular flexibility index (Phi) is 5.86. The fourth-order valence-corrected chi connectivity index (χ4v) is 2.55. The number of nitrogens with zero attached hydrogens (tertiary/aromatic N) is 1. The van der Waals surface area contributed by atoms with Crippen molar-refractivity contribution in [2.45, 2.75) is 17.7 Å². The third-order valence-corrected chi connectivity index (χ3v) is 4.22. The monoisotopic (exact) mass is 297 g/mol. The van der Waals surface area contributed by atoms with E-state index >= 15 is 0 Å². The summed E-state index contributed by atoms with van der Waals surface area (Å²) in [7, 11) is 1.81. The van der Waals surface area contributed by atoms with Crippen LogP contribution >= 0.6 is 23.4 Å². The largest absolute Gasteiger partial charge is 0.356 e. The second kappa shape index (κ2) is 7.65. The molecule has 1 fully saturated rings. The van der Waals surface area contributed by atoms with E-state index in [1.54, 1.807) is 0 Å². The molecule has 0 bridgehead atoms. The minimum atomic E-state index is 0.784. The number of benzene rings is 1. The maximum atomic E-state index is 5.85. The molecule has 19 heavy (non-hydrogen) atoms. The molecule has 0 aliphatic heterocycles. The summed E-state index contributed by atoms with van der Waals surface area (Å²) in [5.41, 5.74) is 0. The Morgan fingerprint density at radius 3 is 2.68 bits per heavy atom. The fourth-order valence-electron chi connectivity index (χ4n) is 1.65. The van der Waals surface area contributed by atoms with Crippen molar-refractivity contribution >= 4 is 29.3 Å². The first-order valence-electron chi connectivity index (χ1n) is 6.61. The maximum absolute atomic E-state index is 5.85. The van der Waals surface area contributed by atoms with Gasteiger partial charge in [0.25, 0.3) is 0 Å². The maximum Gasteiger partial charge on any atom is 0.191 e. The van der Waals surface area contributed by atoms with E-state index < -0.39 is 0 Å². The minimum absolute atomic E-state index is 0.784. The number of hydrogen-bond acceptors (Lipinski definition) is 2. The third kappa shape index (κ3) is 5.74. The third-order valence-electron chi connectivity index (χ3n) is 2.96. The smallest absolute Gasteiger partial charge is 0.191 e. The van der Waals surface area contributed by atoms with Crippen LogP contribution in [0.2, 0.25) is 5.02 Å². The van der Waals surface area contributed by atoms with Crippen molar-refractivity contribution < 1.29 is 0 Å². The summed E-state index contributed by atoms with van der Waals surface area (Å²) >= 11 is 7.67. The number of nitrogens with one attached hydrogen (secondary N) is 2. The Labute approximate surface area is 124 Å². The summed E-state index contributed by atoms with van der Waals surface area (Å²) in [6, 6.07) is 7.95. The minimum Gasteiger partial charge on any atom is -0.356 e. The summed E-state index contributed by atoms with van der Waals surface area (Å²) in [4.78, 5) is 5.45. The predicted molar refractivity (Wildman–Crippen MR) is 84.3 cm³/mol. The van der Waals surface area contributed by atoms with E-state index in [2.05, 4.69) is 15.6 Å². The molecule has 0 amide bonds. The van der Waals surface area contributed by atoms with E-state index in [-0.39, 0.29) is 0 Å². The van der Waals surface area contributed by atoms with Crippen LogP contribution < -0.4 is 10.6 Å². The van der Waals surface area contributed by atoms with Crippen LogP contribution in [-0.2, 0) is 0 Å². The molecular weight excluding hydrogens is 278 g/mol. The van der Waals surface area contributed by atoms with Crippen LogP contribution in [0.25, 0.3) is 0 Å². The van der Waals surface area contributed by atoms with Gasteiger partial charge >= 0.3 is 0 Å². The quantitative estimate of drug-likeness (QED) is 0.367. The van der Waals surface area contributed by atoms with Gasteiger partial charge in [-0.2, -0.15) is 0 Å². The molecule has 1 aromatic rings. The lowest BCUT2D eigenvalue weighted by Crippen LogP contribution is -2.39. The molecule has 0 aromatic heterocycles. The summed E-state index contributed by atoms with van der Waals surface area (Å²) in [5.74, 6) is 2.77. The molecule has 1 aliphatic carbocycles. The second-order valence-corrected chi connectivity index (χ2v) is 6.23. The molecule has 0 spiro atoms. The van der Waals surface area contributed by atoms with Crippen LogP contribution in [0.1, 0.15) is 12.8 Å². The van der Waals surface area contributed by atoms with E-state index in [1.165, 1.54) is 17.7 Å². The van der Waals surface area contributed by atoms with Gasteiger partial charge in [0.15, 0.2) is 5.96 Å². The molecule has 0 heterocycles. The molecule has 5 heteroatoms. The van der Waals surface area contributed by atoms with Crippen molar-refractivity contribution in [1.29, 1.82) is 0 Å². The van der Waals surface area contributed by atoms with E-state index in [9.17, 15) is 0 Å². The average Bonchev–Trinajstić information content (AvgIpc) is 3.24. The SMILES string of the molecule is CN=C(NCCSc1ccc(Cl)cc1)NCC1CC1. The van der Waals surface area contributed by atoms with Gasteiger partial charge in [-0.15, -0.1) is 11.8 Å².